The van der Waals surface area contributed by atoms with Crippen LogP contribution in [0, 0.1) is 5.92 Å². The number of nitrogens with one attached hydrogen (secondary N) is 1. The maximum Gasteiger partial charge on any atom is 0.0113 e. The molecule has 1 N–H and O–H groups in total. The highest BCUT2D eigenvalue weighted by Gasteiger charge is 2.24. The van der Waals surface area contributed by atoms with Crippen molar-refractivity contribution in [3.63, 3.8) is 0 Å². The Hall–Kier alpha value is -0.160. The molecule has 4 nitrogen and oxygen atoms in total. The largest absolute Gasteiger partial charge is 0.316 e. The molecule has 120 valence electrons. The van der Waals surface area contributed by atoms with Gasteiger partial charge in [0.05, 0.1) is 0 Å². The van der Waals surface area contributed by atoms with Crippen LogP contribution in [0.3, 0.4) is 0 Å². The fraction of sp³-hybridized carbons (Fsp3) is 1.00. The van der Waals surface area contributed by atoms with Crippen LogP contribution in [-0.2, 0) is 0 Å². The molecule has 20 heavy (non-hydrogen) atoms. The van der Waals surface area contributed by atoms with Gasteiger partial charge in [0.15, 0.2) is 0 Å². The smallest absolute Gasteiger partial charge is 0.0113 e. The normalized spacial score (nSPS) is 21.3. The van der Waals surface area contributed by atoms with Crippen LogP contribution in [0.4, 0.5) is 0 Å². The quantitative estimate of drug-likeness (QED) is 0.642. The Morgan fingerprint density at radius 3 is 2.30 bits per heavy atom. The van der Waals surface area contributed by atoms with Crippen LogP contribution < -0.4 is 5.32 Å². The SMILES string of the molecule is CCCNCC(C)C(C)N1CCN(CCN(C)C)CC1. The van der Waals surface area contributed by atoms with Crippen molar-refractivity contribution >= 4 is 0 Å². The predicted molar refractivity (Wildman–Crippen MR) is 88.4 cm³/mol. The number of hydrogen-bond acceptors (Lipinski definition) is 4. The van der Waals surface area contributed by atoms with E-state index in [1.165, 1.54) is 45.7 Å². The van der Waals surface area contributed by atoms with Crippen molar-refractivity contribution in [1.29, 1.82) is 0 Å². The van der Waals surface area contributed by atoms with E-state index in [-0.39, 0.29) is 0 Å². The van der Waals surface area contributed by atoms with E-state index in [1.807, 2.05) is 0 Å². The third kappa shape index (κ3) is 6.53. The summed E-state index contributed by atoms with van der Waals surface area (Å²) in [5.41, 5.74) is 0. The fourth-order valence-electron chi connectivity index (χ4n) is 2.77. The van der Waals surface area contributed by atoms with Gasteiger partial charge in [0.1, 0.15) is 0 Å². The topological polar surface area (TPSA) is 21.8 Å². The first-order valence-corrected chi connectivity index (χ1v) is 8.36. The number of piperazine rings is 1. The van der Waals surface area contributed by atoms with Gasteiger partial charge in [-0.3, -0.25) is 9.80 Å². The van der Waals surface area contributed by atoms with E-state index in [0.717, 1.165) is 19.0 Å². The molecule has 1 saturated heterocycles. The molecule has 0 radical (unpaired) electrons. The first kappa shape index (κ1) is 17.9. The lowest BCUT2D eigenvalue weighted by Gasteiger charge is -2.40. The summed E-state index contributed by atoms with van der Waals surface area (Å²) < 4.78 is 0. The molecule has 0 aromatic rings. The summed E-state index contributed by atoms with van der Waals surface area (Å²) in [6.45, 7) is 16.6. The minimum atomic E-state index is 0.690. The lowest BCUT2D eigenvalue weighted by atomic mass is 10.0. The van der Waals surface area contributed by atoms with Gasteiger partial charge < -0.3 is 10.2 Å². The summed E-state index contributed by atoms with van der Waals surface area (Å²) in [5.74, 6) is 0.731. The van der Waals surface area contributed by atoms with Crippen LogP contribution in [0.2, 0.25) is 0 Å². The third-order valence-electron chi connectivity index (χ3n) is 4.56. The van der Waals surface area contributed by atoms with Crippen molar-refractivity contribution in [3.8, 4) is 0 Å². The van der Waals surface area contributed by atoms with Crippen molar-refractivity contribution < 1.29 is 0 Å². The minimum absolute atomic E-state index is 0.690. The van der Waals surface area contributed by atoms with Crippen LogP contribution in [0.5, 0.6) is 0 Å². The van der Waals surface area contributed by atoms with E-state index in [1.54, 1.807) is 0 Å². The molecular formula is C16H36N4. The van der Waals surface area contributed by atoms with Gasteiger partial charge in [-0.1, -0.05) is 13.8 Å². The van der Waals surface area contributed by atoms with Crippen molar-refractivity contribution in [3.05, 3.63) is 0 Å². The van der Waals surface area contributed by atoms with Crippen LogP contribution in [0.25, 0.3) is 0 Å². The summed E-state index contributed by atoms with van der Waals surface area (Å²) in [7, 11) is 4.31. The van der Waals surface area contributed by atoms with Gasteiger partial charge in [-0.2, -0.15) is 0 Å². The first-order chi connectivity index (χ1) is 9.54. The zero-order chi connectivity index (χ0) is 15.0. The molecule has 0 spiro atoms. The molecule has 2 atom stereocenters. The van der Waals surface area contributed by atoms with Crippen LogP contribution in [-0.4, -0.2) is 87.2 Å². The molecule has 2 unspecified atom stereocenters. The second kappa shape index (κ2) is 9.72. The lowest BCUT2D eigenvalue weighted by molar-refractivity contribution is 0.0772. The van der Waals surface area contributed by atoms with E-state index in [4.69, 9.17) is 0 Å². The molecule has 1 fully saturated rings. The van der Waals surface area contributed by atoms with Crippen LogP contribution in [0.15, 0.2) is 0 Å². The Morgan fingerprint density at radius 2 is 1.75 bits per heavy atom. The van der Waals surface area contributed by atoms with Crippen molar-refractivity contribution in [1.82, 2.24) is 20.0 Å². The maximum atomic E-state index is 3.55. The van der Waals surface area contributed by atoms with E-state index < -0.39 is 0 Å². The lowest BCUT2D eigenvalue weighted by Crippen LogP contribution is -2.52. The molecule has 0 bridgehead atoms. The van der Waals surface area contributed by atoms with Gasteiger partial charge >= 0.3 is 0 Å². The van der Waals surface area contributed by atoms with E-state index in [9.17, 15) is 0 Å². The zero-order valence-corrected chi connectivity index (χ0v) is 14.4. The zero-order valence-electron chi connectivity index (χ0n) is 14.4. The maximum absolute atomic E-state index is 3.55. The van der Waals surface area contributed by atoms with Gasteiger partial charge in [-0.25, -0.2) is 0 Å². The Labute approximate surface area is 126 Å². The van der Waals surface area contributed by atoms with Crippen molar-refractivity contribution in [2.75, 3.05) is 66.5 Å². The number of nitrogens with zero attached hydrogens (tertiary/aromatic N) is 3. The molecule has 0 aromatic heterocycles. The molecule has 0 amide bonds. The fourth-order valence-corrected chi connectivity index (χ4v) is 2.77. The average Bonchev–Trinajstić information content (AvgIpc) is 2.45. The summed E-state index contributed by atoms with van der Waals surface area (Å²) in [6.07, 6.45) is 1.23. The molecule has 0 saturated carbocycles. The Kier molecular flexibility index (Phi) is 8.69. The predicted octanol–water partition coefficient (Wildman–Crippen LogP) is 1.19. The Balaban J connectivity index is 2.22. The van der Waals surface area contributed by atoms with Crippen molar-refractivity contribution in [2.45, 2.75) is 33.2 Å². The highest BCUT2D eigenvalue weighted by molar-refractivity contribution is 4.80. The summed E-state index contributed by atoms with van der Waals surface area (Å²) >= 11 is 0. The molecule has 1 rings (SSSR count). The van der Waals surface area contributed by atoms with E-state index in [2.05, 4.69) is 54.9 Å². The highest BCUT2D eigenvalue weighted by Crippen LogP contribution is 2.13. The molecule has 1 aliphatic heterocycles. The molecule has 0 aromatic carbocycles. The number of likely N-dealkylation sites (N-methyl/N-ethyl adjacent to an activating group) is 1. The standard InChI is InChI=1S/C16H36N4/c1-6-7-17-14-15(2)16(3)20-12-10-19(11-13-20)9-8-18(4)5/h15-17H,6-14H2,1-5H3. The first-order valence-electron chi connectivity index (χ1n) is 8.36. The molecule has 0 aliphatic carbocycles. The van der Waals surface area contributed by atoms with Crippen LogP contribution in [0.1, 0.15) is 27.2 Å². The van der Waals surface area contributed by atoms with Gasteiger partial charge in [0.2, 0.25) is 0 Å². The van der Waals surface area contributed by atoms with Crippen LogP contribution >= 0.6 is 0 Å². The molecule has 1 aliphatic rings. The summed E-state index contributed by atoms with van der Waals surface area (Å²) in [4.78, 5) is 7.55. The van der Waals surface area contributed by atoms with Gasteiger partial charge in [-0.05, 0) is 46.4 Å². The summed E-state index contributed by atoms with van der Waals surface area (Å²) in [6, 6.07) is 0.690. The minimum Gasteiger partial charge on any atom is -0.316 e. The number of rotatable bonds is 9. The highest BCUT2D eigenvalue weighted by atomic mass is 15.3. The molecule has 1 heterocycles. The van der Waals surface area contributed by atoms with Gasteiger partial charge in [0, 0.05) is 45.3 Å². The average molecular weight is 284 g/mol. The van der Waals surface area contributed by atoms with E-state index in [0.29, 0.717) is 6.04 Å². The second-order valence-electron chi connectivity index (χ2n) is 6.60. The third-order valence-corrected chi connectivity index (χ3v) is 4.56. The van der Waals surface area contributed by atoms with Gasteiger partial charge in [0.25, 0.3) is 0 Å². The monoisotopic (exact) mass is 284 g/mol. The Bertz CT molecular complexity index is 237. The molecular weight excluding hydrogens is 248 g/mol. The molecule has 4 heteroatoms. The number of hydrogen-bond donors (Lipinski definition) is 1. The Morgan fingerprint density at radius 1 is 1.10 bits per heavy atom. The summed E-state index contributed by atoms with van der Waals surface area (Å²) in [5, 5.41) is 3.55. The van der Waals surface area contributed by atoms with E-state index >= 15 is 0 Å². The van der Waals surface area contributed by atoms with Gasteiger partial charge in [-0.15, -0.1) is 0 Å². The van der Waals surface area contributed by atoms with Crippen molar-refractivity contribution in [2.24, 2.45) is 5.92 Å². The second-order valence-corrected chi connectivity index (χ2v) is 6.60.